The van der Waals surface area contributed by atoms with Crippen LogP contribution < -0.4 is 0 Å². The molecule has 0 bridgehead atoms. The quantitative estimate of drug-likeness (QED) is 0.792. The van der Waals surface area contributed by atoms with E-state index in [0.29, 0.717) is 26.2 Å². The fourth-order valence-corrected chi connectivity index (χ4v) is 1.91. The molecular weight excluding hydrogens is 238 g/mol. The highest BCUT2D eigenvalue weighted by molar-refractivity contribution is 5.80. The molecule has 0 unspecified atom stereocenters. The van der Waals surface area contributed by atoms with E-state index in [4.69, 9.17) is 5.11 Å². The molecule has 1 N–H and O–H groups in total. The van der Waals surface area contributed by atoms with E-state index in [-0.39, 0.29) is 12.6 Å². The molecule has 0 fully saturated rings. The van der Waals surface area contributed by atoms with Gasteiger partial charge in [-0.3, -0.25) is 4.79 Å². The molecule has 1 aromatic rings. The summed E-state index contributed by atoms with van der Waals surface area (Å²) in [5.74, 6) is -0.286. The smallest absolute Gasteiger partial charge is 0.323 e. The highest BCUT2D eigenvalue weighted by Gasteiger charge is 2.26. The number of carbonyl (C=O) groups is 2. The average molecular weight is 253 g/mol. The third-order valence-corrected chi connectivity index (χ3v) is 2.89. The summed E-state index contributed by atoms with van der Waals surface area (Å²) < 4.78 is 1.89. The predicted octanol–water partition coefficient (Wildman–Crippen LogP) is -0.380. The standard InChI is InChI=1S/C10H15N5O3/c1-2-13(6-9(16)17)10(18)14-3-4-15-7-11-12-8(15)5-14/h7H,2-6H2,1H3,(H,16,17). The van der Waals surface area contributed by atoms with Gasteiger partial charge in [0.25, 0.3) is 0 Å². The van der Waals surface area contributed by atoms with Crippen LogP contribution in [0.5, 0.6) is 0 Å². The number of aromatic nitrogens is 3. The molecule has 0 spiro atoms. The van der Waals surface area contributed by atoms with Gasteiger partial charge in [0.15, 0.2) is 5.82 Å². The van der Waals surface area contributed by atoms with Gasteiger partial charge in [0.05, 0.1) is 6.54 Å². The Labute approximate surface area is 104 Å². The highest BCUT2D eigenvalue weighted by Crippen LogP contribution is 2.11. The van der Waals surface area contributed by atoms with Gasteiger partial charge in [-0.15, -0.1) is 10.2 Å². The van der Waals surface area contributed by atoms with Crippen molar-refractivity contribution < 1.29 is 14.7 Å². The lowest BCUT2D eigenvalue weighted by Crippen LogP contribution is -2.47. The van der Waals surface area contributed by atoms with Crippen LogP contribution in [0.3, 0.4) is 0 Å². The summed E-state index contributed by atoms with van der Waals surface area (Å²) in [5, 5.41) is 16.4. The number of carboxylic acid groups (broad SMARTS) is 1. The second-order valence-corrected chi connectivity index (χ2v) is 4.05. The molecule has 0 aromatic carbocycles. The lowest BCUT2D eigenvalue weighted by atomic mass is 10.3. The number of rotatable bonds is 3. The molecule has 2 amide bonds. The normalized spacial score (nSPS) is 14.2. The van der Waals surface area contributed by atoms with E-state index in [1.165, 1.54) is 4.90 Å². The second-order valence-electron chi connectivity index (χ2n) is 4.05. The Morgan fingerprint density at radius 3 is 2.94 bits per heavy atom. The number of hydrogen-bond donors (Lipinski definition) is 1. The summed E-state index contributed by atoms with van der Waals surface area (Å²) in [5.41, 5.74) is 0. The van der Waals surface area contributed by atoms with Crippen LogP contribution in [0.1, 0.15) is 12.7 Å². The van der Waals surface area contributed by atoms with Crippen molar-refractivity contribution in [1.82, 2.24) is 24.6 Å². The summed E-state index contributed by atoms with van der Waals surface area (Å²) in [4.78, 5) is 25.7. The first-order valence-electron chi connectivity index (χ1n) is 5.74. The largest absolute Gasteiger partial charge is 0.480 e. The Bertz CT molecular complexity index is 458. The molecule has 0 saturated carbocycles. The van der Waals surface area contributed by atoms with Crippen LogP contribution in [-0.4, -0.2) is 61.3 Å². The maximum absolute atomic E-state index is 12.1. The molecule has 2 heterocycles. The van der Waals surface area contributed by atoms with E-state index in [9.17, 15) is 9.59 Å². The third kappa shape index (κ3) is 2.41. The Morgan fingerprint density at radius 1 is 1.50 bits per heavy atom. The summed E-state index contributed by atoms with van der Waals surface area (Å²) in [6.07, 6.45) is 1.63. The monoisotopic (exact) mass is 253 g/mol. The first kappa shape index (κ1) is 12.3. The average Bonchev–Trinajstić information content (AvgIpc) is 2.81. The molecule has 0 aliphatic carbocycles. The molecule has 8 heteroatoms. The van der Waals surface area contributed by atoms with Gasteiger partial charge in [0.1, 0.15) is 12.9 Å². The zero-order valence-electron chi connectivity index (χ0n) is 10.1. The number of fused-ring (bicyclic) bond motifs is 1. The lowest BCUT2D eigenvalue weighted by molar-refractivity contribution is -0.137. The van der Waals surface area contributed by atoms with Crippen molar-refractivity contribution in [2.45, 2.75) is 20.0 Å². The highest BCUT2D eigenvalue weighted by atomic mass is 16.4. The number of aliphatic carboxylic acids is 1. The molecule has 1 aliphatic rings. The van der Waals surface area contributed by atoms with E-state index in [1.54, 1.807) is 18.2 Å². The van der Waals surface area contributed by atoms with E-state index in [0.717, 1.165) is 5.82 Å². The van der Waals surface area contributed by atoms with Crippen LogP contribution in [0.15, 0.2) is 6.33 Å². The summed E-state index contributed by atoms with van der Waals surface area (Å²) in [6.45, 7) is 3.40. The van der Waals surface area contributed by atoms with Gasteiger partial charge >= 0.3 is 12.0 Å². The zero-order valence-corrected chi connectivity index (χ0v) is 10.1. The Kier molecular flexibility index (Phi) is 3.45. The minimum Gasteiger partial charge on any atom is -0.480 e. The maximum atomic E-state index is 12.1. The first-order chi connectivity index (χ1) is 8.61. The van der Waals surface area contributed by atoms with E-state index in [2.05, 4.69) is 10.2 Å². The fourth-order valence-electron chi connectivity index (χ4n) is 1.91. The SMILES string of the molecule is CCN(CC(=O)O)C(=O)N1CCn2cnnc2C1. The van der Waals surface area contributed by atoms with Crippen LogP contribution in [0.4, 0.5) is 4.79 Å². The summed E-state index contributed by atoms with van der Waals surface area (Å²) in [6, 6.07) is -0.269. The number of carbonyl (C=O) groups excluding carboxylic acids is 1. The van der Waals surface area contributed by atoms with Crippen molar-refractivity contribution in [2.75, 3.05) is 19.6 Å². The number of amides is 2. The zero-order chi connectivity index (χ0) is 13.1. The van der Waals surface area contributed by atoms with Crippen molar-refractivity contribution in [3.05, 3.63) is 12.2 Å². The van der Waals surface area contributed by atoms with Crippen molar-refractivity contribution >= 4 is 12.0 Å². The number of hydrogen-bond acceptors (Lipinski definition) is 4. The molecule has 1 aliphatic heterocycles. The number of carboxylic acids is 1. The molecular formula is C10H15N5O3. The molecule has 18 heavy (non-hydrogen) atoms. The van der Waals surface area contributed by atoms with Crippen LogP contribution in [0.25, 0.3) is 0 Å². The Morgan fingerprint density at radius 2 is 2.28 bits per heavy atom. The minimum absolute atomic E-state index is 0.269. The van der Waals surface area contributed by atoms with E-state index >= 15 is 0 Å². The van der Waals surface area contributed by atoms with Crippen molar-refractivity contribution in [3.63, 3.8) is 0 Å². The van der Waals surface area contributed by atoms with Crippen molar-refractivity contribution in [1.29, 1.82) is 0 Å². The van der Waals surface area contributed by atoms with Gasteiger partial charge in [-0.25, -0.2) is 4.79 Å². The summed E-state index contributed by atoms with van der Waals surface area (Å²) >= 11 is 0. The lowest BCUT2D eigenvalue weighted by Gasteiger charge is -2.31. The number of urea groups is 1. The maximum Gasteiger partial charge on any atom is 0.323 e. The predicted molar refractivity (Wildman–Crippen MR) is 60.7 cm³/mol. The summed E-state index contributed by atoms with van der Waals surface area (Å²) in [7, 11) is 0. The topological polar surface area (TPSA) is 91.6 Å². The van der Waals surface area contributed by atoms with Crippen LogP contribution >= 0.6 is 0 Å². The second kappa shape index (κ2) is 5.03. The molecule has 0 saturated heterocycles. The van der Waals surface area contributed by atoms with E-state index < -0.39 is 5.97 Å². The van der Waals surface area contributed by atoms with Crippen LogP contribution in [0, 0.1) is 0 Å². The van der Waals surface area contributed by atoms with Gasteiger partial charge < -0.3 is 19.5 Å². The minimum atomic E-state index is -1.01. The molecule has 0 radical (unpaired) electrons. The molecule has 98 valence electrons. The van der Waals surface area contributed by atoms with Gasteiger partial charge in [-0.05, 0) is 6.92 Å². The van der Waals surface area contributed by atoms with Crippen molar-refractivity contribution in [2.24, 2.45) is 0 Å². The Hall–Kier alpha value is -2.12. The molecule has 1 aromatic heterocycles. The van der Waals surface area contributed by atoms with Gasteiger partial charge in [-0.1, -0.05) is 0 Å². The number of nitrogens with zero attached hydrogens (tertiary/aromatic N) is 5. The third-order valence-electron chi connectivity index (χ3n) is 2.89. The molecule has 8 nitrogen and oxygen atoms in total. The van der Waals surface area contributed by atoms with Crippen LogP contribution in [0.2, 0.25) is 0 Å². The van der Waals surface area contributed by atoms with Gasteiger partial charge in [0, 0.05) is 19.6 Å². The van der Waals surface area contributed by atoms with Gasteiger partial charge in [-0.2, -0.15) is 0 Å². The van der Waals surface area contributed by atoms with Crippen LogP contribution in [-0.2, 0) is 17.9 Å². The Balaban J connectivity index is 2.04. The first-order valence-corrected chi connectivity index (χ1v) is 5.74. The molecule has 0 atom stereocenters. The van der Waals surface area contributed by atoms with Crippen molar-refractivity contribution in [3.8, 4) is 0 Å². The number of likely N-dealkylation sites (N-methyl/N-ethyl adjacent to an activating group) is 1. The van der Waals surface area contributed by atoms with Gasteiger partial charge in [0.2, 0.25) is 0 Å². The van der Waals surface area contributed by atoms with E-state index in [1.807, 2.05) is 4.57 Å². The molecule has 2 rings (SSSR count). The fraction of sp³-hybridized carbons (Fsp3) is 0.600.